The van der Waals surface area contributed by atoms with Crippen molar-refractivity contribution in [3.05, 3.63) is 30.7 Å². The molecule has 0 saturated heterocycles. The molecule has 112 valence electrons. The van der Waals surface area contributed by atoms with E-state index in [1.165, 1.54) is 44.9 Å². The zero-order valence-corrected chi connectivity index (χ0v) is 12.8. The van der Waals surface area contributed by atoms with Crippen LogP contribution in [0.25, 0.3) is 11.1 Å². The lowest BCUT2D eigenvalue weighted by molar-refractivity contribution is 0.126. The van der Waals surface area contributed by atoms with Crippen LogP contribution >= 0.6 is 0 Å². The van der Waals surface area contributed by atoms with Crippen molar-refractivity contribution in [2.45, 2.75) is 52.4 Å². The Labute approximate surface area is 122 Å². The second-order valence-electron chi connectivity index (χ2n) is 4.85. The van der Waals surface area contributed by atoms with Crippen LogP contribution in [0.4, 0.5) is 0 Å². The van der Waals surface area contributed by atoms with Gasteiger partial charge in [-0.05, 0) is 25.0 Å². The Hall–Kier alpha value is -1.35. The van der Waals surface area contributed by atoms with E-state index in [0.717, 1.165) is 24.3 Å². The number of oxazole rings is 1. The molecule has 0 unspecified atom stereocenters. The third-order valence-electron chi connectivity index (χ3n) is 3.02. The van der Waals surface area contributed by atoms with E-state index in [0.29, 0.717) is 0 Å². The molecule has 20 heavy (non-hydrogen) atoms. The smallest absolute Gasteiger partial charge is 0.181 e. The van der Waals surface area contributed by atoms with Crippen LogP contribution in [-0.2, 0) is 4.74 Å². The minimum absolute atomic E-state index is 0.845. The molecule has 3 nitrogen and oxygen atoms in total. The summed E-state index contributed by atoms with van der Waals surface area (Å²) < 4.78 is 10.4. The lowest BCUT2D eigenvalue weighted by Gasteiger charge is -2.01. The summed E-state index contributed by atoms with van der Waals surface area (Å²) in [6, 6.07) is 7.67. The van der Waals surface area contributed by atoms with Gasteiger partial charge in [-0.25, -0.2) is 4.98 Å². The van der Waals surface area contributed by atoms with Crippen molar-refractivity contribution < 1.29 is 9.15 Å². The maximum absolute atomic E-state index is 5.44. The Morgan fingerprint density at radius 1 is 0.950 bits per heavy atom. The Balaban J connectivity index is 0.000000202. The van der Waals surface area contributed by atoms with Crippen molar-refractivity contribution in [2.75, 3.05) is 13.2 Å². The molecule has 0 fully saturated rings. The molecule has 1 aromatic carbocycles. The molecule has 0 saturated carbocycles. The maximum Gasteiger partial charge on any atom is 0.181 e. The van der Waals surface area contributed by atoms with Crippen LogP contribution in [0, 0.1) is 0 Å². The molecule has 0 amide bonds. The number of hydrogen-bond acceptors (Lipinski definition) is 3. The predicted octanol–water partition coefficient (Wildman–Crippen LogP) is 5.21. The summed E-state index contributed by atoms with van der Waals surface area (Å²) in [6.07, 6.45) is 9.13. The van der Waals surface area contributed by atoms with Crippen molar-refractivity contribution in [1.29, 1.82) is 0 Å². The fourth-order valence-electron chi connectivity index (χ4n) is 1.81. The summed E-state index contributed by atoms with van der Waals surface area (Å²) in [6.45, 7) is 6.38. The van der Waals surface area contributed by atoms with Crippen LogP contribution in [0.5, 0.6) is 0 Å². The number of para-hydroxylation sites is 2. The summed E-state index contributed by atoms with van der Waals surface area (Å²) in [7, 11) is 0. The topological polar surface area (TPSA) is 35.3 Å². The van der Waals surface area contributed by atoms with Gasteiger partial charge in [-0.2, -0.15) is 0 Å². The van der Waals surface area contributed by atoms with Gasteiger partial charge in [-0.3, -0.25) is 0 Å². The monoisotopic (exact) mass is 277 g/mol. The zero-order chi connectivity index (χ0) is 14.5. The molecule has 0 aliphatic rings. The van der Waals surface area contributed by atoms with Gasteiger partial charge in [0.25, 0.3) is 0 Å². The number of ether oxygens (including phenoxy) is 1. The van der Waals surface area contributed by atoms with E-state index in [4.69, 9.17) is 9.15 Å². The van der Waals surface area contributed by atoms with E-state index >= 15 is 0 Å². The van der Waals surface area contributed by atoms with Gasteiger partial charge in [0.1, 0.15) is 5.52 Å². The van der Waals surface area contributed by atoms with Crippen molar-refractivity contribution >= 4 is 11.1 Å². The highest BCUT2D eigenvalue weighted by Crippen LogP contribution is 2.09. The van der Waals surface area contributed by atoms with Crippen molar-refractivity contribution in [1.82, 2.24) is 4.98 Å². The summed E-state index contributed by atoms with van der Waals surface area (Å²) in [5.74, 6) is 0. The minimum atomic E-state index is 0.845. The molecule has 0 N–H and O–H groups in total. The minimum Gasteiger partial charge on any atom is -0.443 e. The number of rotatable bonds is 8. The van der Waals surface area contributed by atoms with E-state index in [-0.39, 0.29) is 0 Å². The molecule has 2 aromatic rings. The van der Waals surface area contributed by atoms with Crippen LogP contribution < -0.4 is 0 Å². The number of nitrogens with zero attached hydrogens (tertiary/aromatic N) is 1. The normalized spacial score (nSPS) is 10.3. The molecular formula is C17H27NO2. The van der Waals surface area contributed by atoms with Gasteiger partial charge in [0.2, 0.25) is 0 Å². The van der Waals surface area contributed by atoms with Gasteiger partial charge in [0.05, 0.1) is 0 Å². The summed E-state index contributed by atoms with van der Waals surface area (Å²) in [4.78, 5) is 3.95. The average molecular weight is 277 g/mol. The molecule has 1 aromatic heterocycles. The number of hydrogen-bond donors (Lipinski definition) is 0. The Bertz CT molecular complexity index is 401. The number of unbranched alkanes of at least 4 members (excludes halogenated alkanes) is 4. The highest BCUT2D eigenvalue weighted by Gasteiger charge is 1.91. The van der Waals surface area contributed by atoms with E-state index in [1.807, 2.05) is 24.3 Å². The van der Waals surface area contributed by atoms with Crippen LogP contribution in [0.3, 0.4) is 0 Å². The number of fused-ring (bicyclic) bond motifs is 1. The number of aromatic nitrogens is 1. The van der Waals surface area contributed by atoms with Gasteiger partial charge in [0, 0.05) is 13.2 Å². The molecule has 0 spiro atoms. The Morgan fingerprint density at radius 2 is 1.60 bits per heavy atom. The Morgan fingerprint density at radius 3 is 2.20 bits per heavy atom. The molecule has 0 aliphatic carbocycles. The quantitative estimate of drug-likeness (QED) is 0.621. The van der Waals surface area contributed by atoms with E-state index in [1.54, 1.807) is 0 Å². The molecular weight excluding hydrogens is 250 g/mol. The maximum atomic E-state index is 5.44. The lowest BCUT2D eigenvalue weighted by atomic mass is 10.2. The van der Waals surface area contributed by atoms with E-state index in [9.17, 15) is 0 Å². The van der Waals surface area contributed by atoms with Crippen LogP contribution in [0.2, 0.25) is 0 Å². The van der Waals surface area contributed by atoms with E-state index in [2.05, 4.69) is 18.8 Å². The van der Waals surface area contributed by atoms with Gasteiger partial charge >= 0.3 is 0 Å². The first-order valence-corrected chi connectivity index (χ1v) is 7.74. The summed E-state index contributed by atoms with van der Waals surface area (Å²) in [5, 5.41) is 0. The van der Waals surface area contributed by atoms with Crippen LogP contribution in [0.15, 0.2) is 35.1 Å². The number of benzene rings is 1. The third-order valence-corrected chi connectivity index (χ3v) is 3.02. The molecule has 0 aliphatic heterocycles. The molecule has 0 atom stereocenters. The first-order chi connectivity index (χ1) is 9.88. The van der Waals surface area contributed by atoms with Crippen molar-refractivity contribution in [3.63, 3.8) is 0 Å². The molecule has 0 radical (unpaired) electrons. The highest BCUT2D eigenvalue weighted by molar-refractivity contribution is 5.71. The van der Waals surface area contributed by atoms with Crippen molar-refractivity contribution in [2.24, 2.45) is 0 Å². The van der Waals surface area contributed by atoms with Gasteiger partial charge in [0.15, 0.2) is 12.0 Å². The zero-order valence-electron chi connectivity index (χ0n) is 12.8. The fraction of sp³-hybridized carbons (Fsp3) is 0.588. The third kappa shape index (κ3) is 7.29. The predicted molar refractivity (Wildman–Crippen MR) is 83.9 cm³/mol. The standard InChI is InChI=1S/C10H22O.C7H5NO/c1-3-5-7-9-11-10-8-6-4-2;1-2-4-7-6(3-1)8-5-9-7/h3-10H2,1-2H3;1-5H. The van der Waals surface area contributed by atoms with Gasteiger partial charge in [-0.1, -0.05) is 51.7 Å². The summed E-state index contributed by atoms with van der Waals surface area (Å²) >= 11 is 0. The van der Waals surface area contributed by atoms with Gasteiger partial charge in [-0.15, -0.1) is 0 Å². The first kappa shape index (κ1) is 16.7. The summed E-state index contributed by atoms with van der Waals surface area (Å²) in [5.41, 5.74) is 1.76. The molecule has 0 bridgehead atoms. The lowest BCUT2D eigenvalue weighted by Crippen LogP contribution is -1.96. The second kappa shape index (κ2) is 11.5. The fourth-order valence-corrected chi connectivity index (χ4v) is 1.81. The van der Waals surface area contributed by atoms with E-state index < -0.39 is 0 Å². The SMILES string of the molecule is CCCCCOCCCCC.c1ccc2ocnc2c1. The van der Waals surface area contributed by atoms with Crippen LogP contribution in [0.1, 0.15) is 52.4 Å². The largest absolute Gasteiger partial charge is 0.443 e. The van der Waals surface area contributed by atoms with Crippen LogP contribution in [-0.4, -0.2) is 18.2 Å². The molecule has 1 heterocycles. The Kier molecular flexibility index (Phi) is 9.58. The van der Waals surface area contributed by atoms with Crippen molar-refractivity contribution in [3.8, 4) is 0 Å². The molecule has 2 rings (SSSR count). The highest BCUT2D eigenvalue weighted by atomic mass is 16.5. The molecule has 3 heteroatoms. The average Bonchev–Trinajstić information content (AvgIpc) is 2.95. The van der Waals surface area contributed by atoms with Gasteiger partial charge < -0.3 is 9.15 Å². The first-order valence-electron chi connectivity index (χ1n) is 7.74. The second-order valence-corrected chi connectivity index (χ2v) is 4.85.